The highest BCUT2D eigenvalue weighted by molar-refractivity contribution is 7.91. The third-order valence-corrected chi connectivity index (χ3v) is 5.11. The van der Waals surface area contributed by atoms with Gasteiger partial charge in [0.15, 0.2) is 9.84 Å². The first-order valence-electron chi connectivity index (χ1n) is 5.91. The van der Waals surface area contributed by atoms with Crippen molar-refractivity contribution in [1.29, 1.82) is 5.26 Å². The second kappa shape index (κ2) is 4.62. The predicted octanol–water partition coefficient (Wildman–Crippen LogP) is 1.49. The van der Waals surface area contributed by atoms with Crippen LogP contribution in [0.1, 0.15) is 18.1 Å². The molecule has 0 aromatic heterocycles. The Morgan fingerprint density at radius 1 is 1.44 bits per heavy atom. The van der Waals surface area contributed by atoms with Gasteiger partial charge in [-0.15, -0.1) is 0 Å². The summed E-state index contributed by atoms with van der Waals surface area (Å²) >= 11 is 0. The van der Waals surface area contributed by atoms with E-state index in [-0.39, 0.29) is 17.5 Å². The number of nitrogens with zero attached hydrogens (tertiary/aromatic N) is 2. The summed E-state index contributed by atoms with van der Waals surface area (Å²) in [6, 6.07) is 7.67. The molecule has 5 heteroatoms. The second-order valence-corrected chi connectivity index (χ2v) is 6.97. The summed E-state index contributed by atoms with van der Waals surface area (Å²) in [5, 5.41) is 9.17. The summed E-state index contributed by atoms with van der Waals surface area (Å²) in [5.41, 5.74) is 2.50. The SMILES string of the molecule is Cc1cccc(C#N)c1N1CCS(=O)(=O)CC1C. The molecule has 0 spiro atoms. The van der Waals surface area contributed by atoms with E-state index in [9.17, 15) is 8.42 Å². The van der Waals surface area contributed by atoms with Crippen LogP contribution in [0.2, 0.25) is 0 Å². The zero-order valence-electron chi connectivity index (χ0n) is 10.5. The van der Waals surface area contributed by atoms with E-state index < -0.39 is 9.84 Å². The molecule has 4 nitrogen and oxygen atoms in total. The fourth-order valence-corrected chi connectivity index (χ4v) is 4.02. The van der Waals surface area contributed by atoms with Crippen molar-refractivity contribution in [3.8, 4) is 6.07 Å². The highest BCUT2D eigenvalue weighted by Crippen LogP contribution is 2.28. The number of rotatable bonds is 1. The average molecular weight is 264 g/mol. The number of nitriles is 1. The molecule has 0 aliphatic carbocycles. The molecule has 1 fully saturated rings. The number of hydrogen-bond donors (Lipinski definition) is 0. The molecule has 0 N–H and O–H groups in total. The highest BCUT2D eigenvalue weighted by atomic mass is 32.2. The van der Waals surface area contributed by atoms with E-state index in [1.165, 1.54) is 0 Å². The zero-order chi connectivity index (χ0) is 13.3. The summed E-state index contributed by atoms with van der Waals surface area (Å²) in [6.45, 7) is 4.30. The molecule has 96 valence electrons. The lowest BCUT2D eigenvalue weighted by Crippen LogP contribution is -2.47. The minimum Gasteiger partial charge on any atom is -0.366 e. The second-order valence-electron chi connectivity index (χ2n) is 4.74. The molecule has 1 aliphatic heterocycles. The van der Waals surface area contributed by atoms with Gasteiger partial charge in [0, 0.05) is 12.6 Å². The summed E-state index contributed by atoms with van der Waals surface area (Å²) in [5.74, 6) is 0.322. The molecule has 1 aromatic rings. The summed E-state index contributed by atoms with van der Waals surface area (Å²) in [4.78, 5) is 2.04. The highest BCUT2D eigenvalue weighted by Gasteiger charge is 2.30. The van der Waals surface area contributed by atoms with E-state index in [1.54, 1.807) is 6.07 Å². The Morgan fingerprint density at radius 2 is 2.17 bits per heavy atom. The molecule has 0 radical (unpaired) electrons. The molecule has 1 heterocycles. The quantitative estimate of drug-likeness (QED) is 0.771. The summed E-state index contributed by atoms with van der Waals surface area (Å²) in [7, 11) is -2.93. The molecule has 1 atom stereocenters. The van der Waals surface area contributed by atoms with Gasteiger partial charge in [0.1, 0.15) is 6.07 Å². The molecule has 2 rings (SSSR count). The minimum absolute atomic E-state index is 0.0862. The third kappa shape index (κ3) is 2.34. The van der Waals surface area contributed by atoms with Gasteiger partial charge in [-0.3, -0.25) is 0 Å². The Bertz CT molecular complexity index is 602. The van der Waals surface area contributed by atoms with Crippen LogP contribution >= 0.6 is 0 Å². The van der Waals surface area contributed by atoms with Crippen LogP contribution in [0.4, 0.5) is 5.69 Å². The first kappa shape index (κ1) is 12.9. The zero-order valence-corrected chi connectivity index (χ0v) is 11.4. The van der Waals surface area contributed by atoms with E-state index >= 15 is 0 Å². The van der Waals surface area contributed by atoms with E-state index in [2.05, 4.69) is 6.07 Å². The van der Waals surface area contributed by atoms with E-state index in [0.717, 1.165) is 11.3 Å². The topological polar surface area (TPSA) is 61.2 Å². The normalized spacial score (nSPS) is 22.5. The van der Waals surface area contributed by atoms with Gasteiger partial charge in [-0.2, -0.15) is 5.26 Å². The van der Waals surface area contributed by atoms with Gasteiger partial charge in [-0.25, -0.2) is 8.42 Å². The predicted molar refractivity (Wildman–Crippen MR) is 71.4 cm³/mol. The number of benzene rings is 1. The van der Waals surface area contributed by atoms with Crippen LogP contribution in [-0.4, -0.2) is 32.5 Å². The number of aryl methyl sites for hydroxylation is 1. The maximum Gasteiger partial charge on any atom is 0.154 e. The molecule has 1 aliphatic rings. The molecule has 18 heavy (non-hydrogen) atoms. The molecule has 0 bridgehead atoms. The summed E-state index contributed by atoms with van der Waals surface area (Å²) in [6.07, 6.45) is 0. The standard InChI is InChI=1S/C13H16N2O2S/c1-10-4-3-5-12(8-14)13(10)15-6-7-18(16,17)9-11(15)2/h3-5,11H,6-7,9H2,1-2H3. The van der Waals surface area contributed by atoms with Crippen LogP contribution < -0.4 is 4.90 Å². The average Bonchev–Trinajstić information content (AvgIpc) is 2.29. The van der Waals surface area contributed by atoms with Gasteiger partial charge in [0.05, 0.1) is 22.8 Å². The van der Waals surface area contributed by atoms with Crippen molar-refractivity contribution in [2.24, 2.45) is 0 Å². The maximum atomic E-state index is 11.6. The summed E-state index contributed by atoms with van der Waals surface area (Å²) < 4.78 is 23.2. The van der Waals surface area contributed by atoms with Gasteiger partial charge in [0.25, 0.3) is 0 Å². The molecular formula is C13H16N2O2S. The van der Waals surface area contributed by atoms with Crippen molar-refractivity contribution in [3.63, 3.8) is 0 Å². The van der Waals surface area contributed by atoms with Crippen molar-refractivity contribution in [3.05, 3.63) is 29.3 Å². The first-order valence-corrected chi connectivity index (χ1v) is 7.73. The lowest BCUT2D eigenvalue weighted by Gasteiger charge is -2.36. The molecule has 0 saturated carbocycles. The van der Waals surface area contributed by atoms with Gasteiger partial charge in [-0.05, 0) is 25.5 Å². The van der Waals surface area contributed by atoms with E-state index in [0.29, 0.717) is 12.1 Å². The largest absolute Gasteiger partial charge is 0.366 e. The Kier molecular flexibility index (Phi) is 3.31. The van der Waals surface area contributed by atoms with Gasteiger partial charge in [-0.1, -0.05) is 12.1 Å². The molecule has 1 saturated heterocycles. The third-order valence-electron chi connectivity index (χ3n) is 3.32. The lowest BCUT2D eigenvalue weighted by atomic mass is 10.1. The van der Waals surface area contributed by atoms with Crippen molar-refractivity contribution >= 4 is 15.5 Å². The van der Waals surface area contributed by atoms with E-state index in [1.807, 2.05) is 30.9 Å². The smallest absolute Gasteiger partial charge is 0.154 e. The fourth-order valence-electron chi connectivity index (χ4n) is 2.46. The Balaban J connectivity index is 2.42. The van der Waals surface area contributed by atoms with Crippen molar-refractivity contribution in [1.82, 2.24) is 0 Å². The lowest BCUT2D eigenvalue weighted by molar-refractivity contribution is 0.568. The van der Waals surface area contributed by atoms with Crippen LogP contribution in [0.15, 0.2) is 18.2 Å². The number of sulfone groups is 1. The van der Waals surface area contributed by atoms with Crippen molar-refractivity contribution in [2.45, 2.75) is 19.9 Å². The molecule has 1 aromatic carbocycles. The van der Waals surface area contributed by atoms with Crippen LogP contribution in [0.5, 0.6) is 0 Å². The minimum atomic E-state index is -2.93. The molecule has 1 unspecified atom stereocenters. The van der Waals surface area contributed by atoms with Crippen molar-refractivity contribution in [2.75, 3.05) is 23.0 Å². The maximum absolute atomic E-state index is 11.6. The number of anilines is 1. The van der Waals surface area contributed by atoms with Gasteiger partial charge >= 0.3 is 0 Å². The van der Waals surface area contributed by atoms with Crippen LogP contribution in [0, 0.1) is 18.3 Å². The molecular weight excluding hydrogens is 248 g/mol. The first-order chi connectivity index (χ1) is 8.44. The number of hydrogen-bond acceptors (Lipinski definition) is 4. The monoisotopic (exact) mass is 264 g/mol. The Labute approximate surface area is 108 Å². The Morgan fingerprint density at radius 3 is 2.78 bits per heavy atom. The van der Waals surface area contributed by atoms with Gasteiger partial charge < -0.3 is 4.90 Å². The number of para-hydroxylation sites is 1. The fraction of sp³-hybridized carbons (Fsp3) is 0.462. The van der Waals surface area contributed by atoms with E-state index in [4.69, 9.17) is 5.26 Å². The molecule has 0 amide bonds. The van der Waals surface area contributed by atoms with Crippen LogP contribution in [0.3, 0.4) is 0 Å². The van der Waals surface area contributed by atoms with Crippen LogP contribution in [-0.2, 0) is 9.84 Å². The Hall–Kier alpha value is -1.54. The van der Waals surface area contributed by atoms with Gasteiger partial charge in [0.2, 0.25) is 0 Å². The van der Waals surface area contributed by atoms with Crippen molar-refractivity contribution < 1.29 is 8.42 Å². The van der Waals surface area contributed by atoms with Crippen LogP contribution in [0.25, 0.3) is 0 Å².